The molecule has 3 amide bonds. The highest BCUT2D eigenvalue weighted by atomic mass is 16.6. The van der Waals surface area contributed by atoms with E-state index >= 15 is 14.4 Å². The van der Waals surface area contributed by atoms with Gasteiger partial charge >= 0.3 is 71.2 Å². The molecule has 0 spiro atoms. The van der Waals surface area contributed by atoms with Crippen molar-refractivity contribution in [2.75, 3.05) is 19.8 Å². The molecule has 3 N–H and O–H groups in total. The zero-order valence-corrected chi connectivity index (χ0v) is 44.8. The molecule has 0 aliphatic rings. The van der Waals surface area contributed by atoms with Crippen molar-refractivity contribution in [2.45, 2.75) is 154 Å². The second-order valence-electron chi connectivity index (χ2n) is 16.4. The maximum atomic E-state index is 15.9. The van der Waals surface area contributed by atoms with Gasteiger partial charge in [-0.25, -0.2) is 71.2 Å². The van der Waals surface area contributed by atoms with E-state index in [1.165, 1.54) is 0 Å². The van der Waals surface area contributed by atoms with Crippen LogP contribution in [0.15, 0.2) is 90.3 Å². The monoisotopic (exact) mass is 1100 g/mol. The Morgan fingerprint density at radius 1 is 0.372 bits per heavy atom. The van der Waals surface area contributed by atoms with Crippen LogP contribution in [0.4, 0.5) is 14.4 Å². The van der Waals surface area contributed by atoms with E-state index < -0.39 is 126 Å². The van der Waals surface area contributed by atoms with Crippen molar-refractivity contribution in [3.05, 3.63) is 107 Å². The van der Waals surface area contributed by atoms with Gasteiger partial charge in [-0.05, 0) is 38.5 Å². The van der Waals surface area contributed by atoms with Crippen LogP contribution in [-0.4, -0.2) is 124 Å². The minimum Gasteiger partial charge on any atom is -0.457 e. The number of amides is 3. The van der Waals surface area contributed by atoms with Crippen molar-refractivity contribution in [3.63, 3.8) is 0 Å². The van der Waals surface area contributed by atoms with Crippen LogP contribution in [0, 0.1) is 0 Å². The average molecular weight is 1110 g/mol. The molecule has 78 heavy (non-hydrogen) atoms. The second-order valence-corrected chi connectivity index (χ2v) is 16.4. The summed E-state index contributed by atoms with van der Waals surface area (Å²) in [5.74, 6) is -7.85. The topological polar surface area (TPSA) is 339 Å². The van der Waals surface area contributed by atoms with E-state index in [4.69, 9.17) is 42.6 Å². The highest BCUT2D eigenvalue weighted by molar-refractivity contribution is 5.84. The van der Waals surface area contributed by atoms with Crippen molar-refractivity contribution in [1.82, 2.24) is 29.7 Å². The second kappa shape index (κ2) is 35.7. The molecule has 0 aliphatic heterocycles. The van der Waals surface area contributed by atoms with Crippen molar-refractivity contribution in [1.29, 1.82) is 0 Å². The Bertz CT molecular complexity index is 2200. The number of carbonyl (C=O) groups is 9. The van der Waals surface area contributed by atoms with E-state index in [0.29, 0.717) is 36.5 Å². The zero-order valence-electron chi connectivity index (χ0n) is 44.8. The zero-order chi connectivity index (χ0) is 59.1. The van der Waals surface area contributed by atoms with Gasteiger partial charge in [0.25, 0.3) is 0 Å². The molecule has 0 radical (unpaired) electrons. The molecule has 0 aliphatic carbocycles. The summed E-state index contributed by atoms with van der Waals surface area (Å²) in [6, 6.07) is -6.43. The molecule has 0 saturated heterocycles. The number of hydrogen-bond donors (Lipinski definition) is 3. The van der Waals surface area contributed by atoms with Crippen LogP contribution in [0.2, 0.25) is 0 Å². The number of hydrogen-bond acceptors (Lipinski definition) is 21. The lowest BCUT2D eigenvalue weighted by molar-refractivity contribution is -0.161. The summed E-state index contributed by atoms with van der Waals surface area (Å²) in [7, 11) is 0. The molecule has 0 bridgehead atoms. The number of esters is 6. The molecular formula is C51H72N6O21. The number of rotatable bonds is 36. The number of alkyl carbamates (subject to hydrolysis) is 3. The van der Waals surface area contributed by atoms with E-state index in [1.54, 1.807) is 41.5 Å². The molecule has 1 heterocycles. The third kappa shape index (κ3) is 20.5. The first-order valence-electron chi connectivity index (χ1n) is 24.9. The van der Waals surface area contributed by atoms with Gasteiger partial charge in [-0.3, -0.25) is 0 Å². The van der Waals surface area contributed by atoms with E-state index in [0.717, 1.165) is 0 Å². The maximum absolute atomic E-state index is 15.9. The summed E-state index contributed by atoms with van der Waals surface area (Å²) in [6.07, 6.45) is -13.3. The SMILES string of the molecule is C=CC(=O)OC(CCC)C(NC(=O)OCCC)C(OC(=O)C=C)n1c(=O)n(C(OC(=O)C=C)C(NC(=O)OCCC)C(CCC)OC(=O)C=C)c(=O)n(C(OC(=O)C=C)C(NC(=O)OCCC)C(CCC)OC(=O)C=C)c1=O. The van der Waals surface area contributed by atoms with Crippen LogP contribution < -0.4 is 33.0 Å². The van der Waals surface area contributed by atoms with Gasteiger partial charge < -0.3 is 58.6 Å². The smallest absolute Gasteiger partial charge is 0.407 e. The summed E-state index contributed by atoms with van der Waals surface area (Å²) in [5.41, 5.74) is -5.90. The molecule has 9 atom stereocenters. The third-order valence-electron chi connectivity index (χ3n) is 10.5. The lowest BCUT2D eigenvalue weighted by atomic mass is 10.0. The Labute approximate surface area is 450 Å². The van der Waals surface area contributed by atoms with Crippen LogP contribution in [0.5, 0.6) is 0 Å². The first-order chi connectivity index (χ1) is 37.2. The first-order valence-corrected chi connectivity index (χ1v) is 24.9. The lowest BCUT2D eigenvalue weighted by Gasteiger charge is -2.37. The molecule has 432 valence electrons. The van der Waals surface area contributed by atoms with Crippen molar-refractivity contribution in [3.8, 4) is 0 Å². The van der Waals surface area contributed by atoms with Gasteiger partial charge in [0.05, 0.1) is 19.8 Å². The Kier molecular flexibility index (Phi) is 30.9. The minimum absolute atomic E-state index is 0.0461. The fraction of sp³-hybridized carbons (Fsp3) is 0.529. The molecule has 9 unspecified atom stereocenters. The summed E-state index contributed by atoms with van der Waals surface area (Å²) in [4.78, 5) is 169. The maximum Gasteiger partial charge on any atom is 0.407 e. The fourth-order valence-electron chi connectivity index (χ4n) is 7.15. The third-order valence-corrected chi connectivity index (χ3v) is 10.5. The van der Waals surface area contributed by atoms with Crippen molar-refractivity contribution >= 4 is 54.1 Å². The van der Waals surface area contributed by atoms with Gasteiger partial charge in [0.2, 0.25) is 18.7 Å². The van der Waals surface area contributed by atoms with Crippen molar-refractivity contribution in [2.24, 2.45) is 0 Å². The highest BCUT2D eigenvalue weighted by Crippen LogP contribution is 2.26. The lowest BCUT2D eigenvalue weighted by Crippen LogP contribution is -2.66. The minimum atomic E-state index is -2.68. The number of aromatic nitrogens is 3. The van der Waals surface area contributed by atoms with Gasteiger partial charge in [-0.15, -0.1) is 0 Å². The summed E-state index contributed by atoms with van der Waals surface area (Å²) in [5, 5.41) is 7.05. The molecule has 1 aromatic heterocycles. The van der Waals surface area contributed by atoms with E-state index in [2.05, 4.69) is 55.4 Å². The molecule has 1 rings (SSSR count). The summed E-state index contributed by atoms with van der Waals surface area (Å²) >= 11 is 0. The Morgan fingerprint density at radius 2 is 0.577 bits per heavy atom. The number of nitrogens with zero attached hydrogens (tertiary/aromatic N) is 3. The van der Waals surface area contributed by atoms with Crippen molar-refractivity contribution < 1.29 is 85.8 Å². The highest BCUT2D eigenvalue weighted by Gasteiger charge is 2.47. The predicted octanol–water partition coefficient (Wildman–Crippen LogP) is 4.06. The number of ether oxygens (including phenoxy) is 9. The number of nitrogens with one attached hydrogen (secondary N) is 3. The molecule has 1 aromatic rings. The predicted molar refractivity (Wildman–Crippen MR) is 276 cm³/mol. The molecule has 27 nitrogen and oxygen atoms in total. The van der Waals surface area contributed by atoms with E-state index in [1.807, 2.05) is 0 Å². The molecule has 0 saturated carbocycles. The standard InChI is InChI=1S/C51H72N6O21/c1-13-25-31(73-34(58)19-7)40(52-46(64)70-28-16-4)43(76-37(61)22-10)55-49(67)56(44(77-38(62)23-11)41(53-47(65)71-29-17-5)32(26-14-2)74-35(59)20-8)51(69)57(50(55)68)45(78-39(63)24-12)42(54-48(66)72-30-18-6)33(27-15-3)75-36(60)21-9/h19-24,31-33,40-45H,7-18,25-30H2,1-6H3,(H,52,64)(H,53,65)(H,54,66). The van der Waals surface area contributed by atoms with Gasteiger partial charge in [0.1, 0.15) is 36.4 Å². The summed E-state index contributed by atoms with van der Waals surface area (Å²) < 4.78 is 49.7. The van der Waals surface area contributed by atoms with Gasteiger partial charge in [-0.1, -0.05) is 100 Å². The van der Waals surface area contributed by atoms with Crippen LogP contribution >= 0.6 is 0 Å². The largest absolute Gasteiger partial charge is 0.457 e. The van der Waals surface area contributed by atoms with E-state index in [9.17, 15) is 43.2 Å². The first kappa shape index (κ1) is 67.5. The van der Waals surface area contributed by atoms with Gasteiger partial charge in [-0.2, -0.15) is 0 Å². The van der Waals surface area contributed by atoms with Gasteiger partial charge in [0.15, 0.2) is 0 Å². The van der Waals surface area contributed by atoms with Crippen LogP contribution in [0.1, 0.15) is 118 Å². The van der Waals surface area contributed by atoms with Gasteiger partial charge in [0, 0.05) is 36.5 Å². The Morgan fingerprint density at radius 3 is 0.756 bits per heavy atom. The average Bonchev–Trinajstić information content (AvgIpc) is 3.45. The quantitative estimate of drug-likeness (QED) is 0.0484. The molecular weight excluding hydrogens is 1030 g/mol. The molecule has 27 heteroatoms. The van der Waals surface area contributed by atoms with E-state index in [-0.39, 0.29) is 91.3 Å². The van der Waals surface area contributed by atoms with Crippen LogP contribution in [-0.2, 0) is 71.4 Å². The molecule has 0 fully saturated rings. The molecule has 0 aromatic carbocycles. The Balaban J connectivity index is 5.54. The number of carbonyl (C=O) groups excluding carboxylic acids is 9. The normalized spacial score (nSPS) is 14.1. The fourth-order valence-corrected chi connectivity index (χ4v) is 7.15. The van der Waals surface area contributed by atoms with Crippen LogP contribution in [0.3, 0.4) is 0 Å². The Hall–Kier alpha value is -8.52. The van der Waals surface area contributed by atoms with Crippen LogP contribution in [0.25, 0.3) is 0 Å². The summed E-state index contributed by atoms with van der Waals surface area (Å²) in [6.45, 7) is 29.2.